The van der Waals surface area contributed by atoms with E-state index in [-0.39, 0.29) is 10.6 Å². The number of ether oxygens (including phenoxy) is 1. The van der Waals surface area contributed by atoms with E-state index < -0.39 is 15.9 Å². The molecule has 0 saturated carbocycles. The van der Waals surface area contributed by atoms with Crippen molar-refractivity contribution in [1.82, 2.24) is 10.2 Å². The Bertz CT molecular complexity index is 1350. The molecule has 3 aromatic carbocycles. The van der Waals surface area contributed by atoms with E-state index in [0.29, 0.717) is 22.8 Å². The maximum Gasteiger partial charge on any atom is 0.273 e. The van der Waals surface area contributed by atoms with Crippen LogP contribution < -0.4 is 14.8 Å². The lowest BCUT2D eigenvalue weighted by molar-refractivity contribution is 0.102. The number of hydrogen-bond donors (Lipinski definition) is 3. The van der Waals surface area contributed by atoms with Crippen molar-refractivity contribution in [2.45, 2.75) is 4.90 Å². The number of H-pyrrole nitrogens is 1. The number of rotatable bonds is 7. The summed E-state index contributed by atoms with van der Waals surface area (Å²) >= 11 is 0. The van der Waals surface area contributed by atoms with Crippen molar-refractivity contribution in [2.24, 2.45) is 0 Å². The molecule has 0 radical (unpaired) electrons. The number of benzene rings is 3. The highest BCUT2D eigenvalue weighted by molar-refractivity contribution is 7.92. The first kappa shape index (κ1) is 21.1. The van der Waals surface area contributed by atoms with Crippen LogP contribution in [0.1, 0.15) is 10.5 Å². The molecule has 9 heteroatoms. The third-order valence-corrected chi connectivity index (χ3v) is 6.01. The van der Waals surface area contributed by atoms with Crippen molar-refractivity contribution in [3.05, 3.63) is 90.6 Å². The summed E-state index contributed by atoms with van der Waals surface area (Å²) in [6.45, 7) is 0. The fourth-order valence-corrected chi connectivity index (χ4v) is 4.18. The average Bonchev–Trinajstić information content (AvgIpc) is 3.31. The van der Waals surface area contributed by atoms with E-state index >= 15 is 0 Å². The Morgan fingerprint density at radius 2 is 1.69 bits per heavy atom. The Hall–Kier alpha value is -4.11. The van der Waals surface area contributed by atoms with Crippen LogP contribution in [0.25, 0.3) is 11.3 Å². The minimum absolute atomic E-state index is 0.00390. The molecule has 1 heterocycles. The van der Waals surface area contributed by atoms with Crippen molar-refractivity contribution >= 4 is 27.3 Å². The van der Waals surface area contributed by atoms with E-state index in [4.69, 9.17) is 4.74 Å². The summed E-state index contributed by atoms with van der Waals surface area (Å²) in [6.07, 6.45) is 0. The smallest absolute Gasteiger partial charge is 0.273 e. The van der Waals surface area contributed by atoms with Gasteiger partial charge in [-0.3, -0.25) is 14.6 Å². The molecule has 4 aromatic rings. The van der Waals surface area contributed by atoms with Crippen molar-refractivity contribution in [1.29, 1.82) is 0 Å². The molecule has 0 bridgehead atoms. The predicted octanol–water partition coefficient (Wildman–Crippen LogP) is 4.14. The van der Waals surface area contributed by atoms with E-state index in [1.54, 1.807) is 42.5 Å². The molecule has 4 rings (SSSR count). The highest BCUT2D eigenvalue weighted by Gasteiger charge is 2.18. The van der Waals surface area contributed by atoms with Crippen LogP contribution in [0.5, 0.6) is 5.75 Å². The molecule has 1 amide bonds. The zero-order chi connectivity index (χ0) is 22.6. The van der Waals surface area contributed by atoms with Crippen molar-refractivity contribution < 1.29 is 17.9 Å². The molecule has 0 fully saturated rings. The third-order valence-electron chi connectivity index (χ3n) is 4.65. The lowest BCUT2D eigenvalue weighted by atomic mass is 10.1. The summed E-state index contributed by atoms with van der Waals surface area (Å²) in [7, 11) is -2.44. The van der Waals surface area contributed by atoms with Crippen LogP contribution in [0.3, 0.4) is 0 Å². The molecule has 0 saturated heterocycles. The van der Waals surface area contributed by atoms with Gasteiger partial charge in [-0.25, -0.2) is 8.42 Å². The van der Waals surface area contributed by atoms with Gasteiger partial charge in [-0.2, -0.15) is 5.10 Å². The van der Waals surface area contributed by atoms with Gasteiger partial charge in [0.25, 0.3) is 15.9 Å². The summed E-state index contributed by atoms with van der Waals surface area (Å²) in [4.78, 5) is 12.6. The first-order chi connectivity index (χ1) is 15.5. The maximum atomic E-state index is 12.8. The molecule has 3 N–H and O–H groups in total. The van der Waals surface area contributed by atoms with E-state index in [9.17, 15) is 13.2 Å². The predicted molar refractivity (Wildman–Crippen MR) is 122 cm³/mol. The summed E-state index contributed by atoms with van der Waals surface area (Å²) < 4.78 is 33.4. The number of hydrogen-bond acceptors (Lipinski definition) is 5. The van der Waals surface area contributed by atoms with Gasteiger partial charge in [0.15, 0.2) is 0 Å². The van der Waals surface area contributed by atoms with Gasteiger partial charge < -0.3 is 10.1 Å². The van der Waals surface area contributed by atoms with Gasteiger partial charge in [-0.15, -0.1) is 0 Å². The molecule has 8 nitrogen and oxygen atoms in total. The Morgan fingerprint density at radius 3 is 2.47 bits per heavy atom. The van der Waals surface area contributed by atoms with Gasteiger partial charge in [-0.1, -0.05) is 48.5 Å². The van der Waals surface area contributed by atoms with Crippen LogP contribution in [0.2, 0.25) is 0 Å². The minimum Gasteiger partial charge on any atom is -0.495 e. The molecule has 0 aliphatic carbocycles. The molecule has 0 unspecified atom stereocenters. The Kier molecular flexibility index (Phi) is 5.91. The fraction of sp³-hybridized carbons (Fsp3) is 0.0435. The summed E-state index contributed by atoms with van der Waals surface area (Å²) in [5, 5.41) is 9.57. The highest BCUT2D eigenvalue weighted by atomic mass is 32.2. The van der Waals surface area contributed by atoms with Crippen molar-refractivity contribution in [3.8, 4) is 17.0 Å². The molecule has 32 heavy (non-hydrogen) atoms. The van der Waals surface area contributed by atoms with Crippen molar-refractivity contribution in [3.63, 3.8) is 0 Å². The lowest BCUT2D eigenvalue weighted by Crippen LogP contribution is -2.15. The topological polar surface area (TPSA) is 113 Å². The van der Waals surface area contributed by atoms with Gasteiger partial charge in [0.2, 0.25) is 0 Å². The number of methoxy groups -OCH3 is 1. The quantitative estimate of drug-likeness (QED) is 0.393. The van der Waals surface area contributed by atoms with Crippen LogP contribution in [-0.4, -0.2) is 31.6 Å². The average molecular weight is 449 g/mol. The van der Waals surface area contributed by atoms with Crippen LogP contribution in [0.4, 0.5) is 11.4 Å². The summed E-state index contributed by atoms with van der Waals surface area (Å²) in [5.74, 6) is -0.0408. The third kappa shape index (κ3) is 4.62. The molecule has 162 valence electrons. The standard InChI is InChI=1S/C23H20N4O4S/c1-31-22-13-6-5-12-19(22)27-32(29,30)18-11-7-10-17(14-18)24-23(28)21-15-20(25-26-21)16-8-3-2-4-9-16/h2-15,27H,1H3,(H,24,28)(H,25,26). The Labute approximate surface area is 185 Å². The van der Waals surface area contributed by atoms with Gasteiger partial charge in [-0.05, 0) is 36.4 Å². The molecule has 0 atom stereocenters. The van der Waals surface area contributed by atoms with Crippen LogP contribution in [0, 0.1) is 0 Å². The second-order valence-electron chi connectivity index (χ2n) is 6.82. The van der Waals surface area contributed by atoms with Gasteiger partial charge >= 0.3 is 0 Å². The van der Waals surface area contributed by atoms with Gasteiger partial charge in [0, 0.05) is 11.3 Å². The van der Waals surface area contributed by atoms with Crippen LogP contribution >= 0.6 is 0 Å². The van der Waals surface area contributed by atoms with Crippen LogP contribution in [-0.2, 0) is 10.0 Å². The number of carbonyl (C=O) groups excluding carboxylic acids is 1. The molecule has 1 aromatic heterocycles. The number of nitrogens with zero attached hydrogens (tertiary/aromatic N) is 1. The Balaban J connectivity index is 1.52. The number of carbonyl (C=O) groups is 1. The zero-order valence-electron chi connectivity index (χ0n) is 17.1. The number of nitrogens with one attached hydrogen (secondary N) is 3. The minimum atomic E-state index is -3.90. The first-order valence-corrected chi connectivity index (χ1v) is 11.1. The number of amides is 1. The molecular weight excluding hydrogens is 428 g/mol. The number of anilines is 2. The van der Waals surface area contributed by atoms with Crippen LogP contribution in [0.15, 0.2) is 89.8 Å². The number of aromatic nitrogens is 2. The van der Waals surface area contributed by atoms with E-state index in [0.717, 1.165) is 5.56 Å². The highest BCUT2D eigenvalue weighted by Crippen LogP contribution is 2.27. The zero-order valence-corrected chi connectivity index (χ0v) is 17.9. The van der Waals surface area contributed by atoms with E-state index in [1.165, 1.54) is 19.2 Å². The van der Waals surface area contributed by atoms with E-state index in [2.05, 4.69) is 20.2 Å². The SMILES string of the molecule is COc1ccccc1NS(=O)(=O)c1cccc(NC(=O)c2cc(-c3ccccc3)n[nH]2)c1. The molecule has 0 aliphatic heterocycles. The first-order valence-electron chi connectivity index (χ1n) is 9.64. The Morgan fingerprint density at radius 1 is 0.938 bits per heavy atom. The normalized spacial score (nSPS) is 11.0. The van der Waals surface area contributed by atoms with Gasteiger partial charge in [0.1, 0.15) is 11.4 Å². The van der Waals surface area contributed by atoms with E-state index in [1.807, 2.05) is 30.3 Å². The second kappa shape index (κ2) is 8.94. The second-order valence-corrected chi connectivity index (χ2v) is 8.50. The number of sulfonamides is 1. The summed E-state index contributed by atoms with van der Waals surface area (Å²) in [6, 6.07) is 23.8. The summed E-state index contributed by atoms with van der Waals surface area (Å²) in [5.41, 5.74) is 2.40. The monoisotopic (exact) mass is 448 g/mol. The van der Waals surface area contributed by atoms with Gasteiger partial charge in [0.05, 0.1) is 23.4 Å². The lowest BCUT2D eigenvalue weighted by Gasteiger charge is -2.12. The molecular formula is C23H20N4O4S. The molecule has 0 aliphatic rings. The fourth-order valence-electron chi connectivity index (χ4n) is 3.07. The largest absolute Gasteiger partial charge is 0.495 e. The number of para-hydroxylation sites is 2. The maximum absolute atomic E-state index is 12.8. The van der Waals surface area contributed by atoms with Crippen molar-refractivity contribution in [2.75, 3.05) is 17.1 Å². The number of aromatic amines is 1. The molecule has 0 spiro atoms.